The highest BCUT2D eigenvalue weighted by Gasteiger charge is 2.22. The van der Waals surface area contributed by atoms with Crippen molar-refractivity contribution in [2.24, 2.45) is 5.92 Å². The van der Waals surface area contributed by atoms with Crippen molar-refractivity contribution in [3.05, 3.63) is 24.3 Å². The van der Waals surface area contributed by atoms with Crippen molar-refractivity contribution >= 4 is 21.6 Å². The molecule has 1 aromatic rings. The lowest BCUT2D eigenvalue weighted by molar-refractivity contribution is -0.116. The number of hydrogen-bond donors (Lipinski definition) is 1. The summed E-state index contributed by atoms with van der Waals surface area (Å²) < 4.78 is 26.6. The molecule has 1 saturated carbocycles. The van der Waals surface area contributed by atoms with Gasteiger partial charge in [0.05, 0.1) is 4.90 Å². The first-order valence-electron chi connectivity index (χ1n) is 9.37. The van der Waals surface area contributed by atoms with Gasteiger partial charge in [-0.2, -0.15) is 4.31 Å². The maximum absolute atomic E-state index is 12.6. The van der Waals surface area contributed by atoms with E-state index in [0.717, 1.165) is 6.42 Å². The SMILES string of the molecule is CCN(CC)S(=O)(=O)c1cccc(NC(=O)CCC2CCCCC2)c1. The number of rotatable bonds is 8. The first-order chi connectivity index (χ1) is 12.0. The molecule has 1 amide bonds. The maximum Gasteiger partial charge on any atom is 0.243 e. The van der Waals surface area contributed by atoms with Crippen LogP contribution in [0.3, 0.4) is 0 Å². The van der Waals surface area contributed by atoms with E-state index in [0.29, 0.717) is 31.1 Å². The summed E-state index contributed by atoms with van der Waals surface area (Å²) in [6.45, 7) is 4.49. The molecule has 0 saturated heterocycles. The zero-order valence-electron chi connectivity index (χ0n) is 15.3. The number of carbonyl (C=O) groups excluding carboxylic acids is 1. The van der Waals surface area contributed by atoms with Crippen molar-refractivity contribution in [2.45, 2.75) is 63.7 Å². The molecule has 140 valence electrons. The zero-order chi connectivity index (χ0) is 18.3. The van der Waals surface area contributed by atoms with Gasteiger partial charge in [-0.05, 0) is 30.5 Å². The second-order valence-corrected chi connectivity index (χ2v) is 8.65. The van der Waals surface area contributed by atoms with Crippen LogP contribution in [-0.4, -0.2) is 31.7 Å². The fourth-order valence-electron chi connectivity index (χ4n) is 3.48. The lowest BCUT2D eigenvalue weighted by Gasteiger charge is -2.21. The van der Waals surface area contributed by atoms with Gasteiger partial charge in [0.25, 0.3) is 0 Å². The monoisotopic (exact) mass is 366 g/mol. The van der Waals surface area contributed by atoms with E-state index in [2.05, 4.69) is 5.32 Å². The Hall–Kier alpha value is -1.40. The molecule has 0 aromatic heterocycles. The van der Waals surface area contributed by atoms with Crippen LogP contribution in [-0.2, 0) is 14.8 Å². The Balaban J connectivity index is 1.97. The van der Waals surface area contributed by atoms with E-state index in [9.17, 15) is 13.2 Å². The smallest absolute Gasteiger partial charge is 0.243 e. The molecule has 0 radical (unpaired) electrons. The van der Waals surface area contributed by atoms with Gasteiger partial charge in [-0.15, -0.1) is 0 Å². The van der Waals surface area contributed by atoms with E-state index < -0.39 is 10.0 Å². The number of amides is 1. The molecule has 1 aliphatic carbocycles. The predicted octanol–water partition coefficient (Wildman–Crippen LogP) is 4.02. The van der Waals surface area contributed by atoms with Gasteiger partial charge in [0.15, 0.2) is 0 Å². The molecule has 0 aliphatic heterocycles. The van der Waals surface area contributed by atoms with Crippen LogP contribution in [0.15, 0.2) is 29.2 Å². The fraction of sp³-hybridized carbons (Fsp3) is 0.632. The summed E-state index contributed by atoms with van der Waals surface area (Å²) in [6.07, 6.45) is 7.74. The third-order valence-corrected chi connectivity index (χ3v) is 7.01. The summed E-state index contributed by atoms with van der Waals surface area (Å²) in [5, 5.41) is 2.85. The second kappa shape index (κ2) is 9.34. The lowest BCUT2D eigenvalue weighted by atomic mass is 9.86. The maximum atomic E-state index is 12.6. The number of sulfonamides is 1. The third kappa shape index (κ3) is 5.54. The van der Waals surface area contributed by atoms with Crippen molar-refractivity contribution in [2.75, 3.05) is 18.4 Å². The summed E-state index contributed by atoms with van der Waals surface area (Å²) in [6, 6.07) is 6.53. The normalized spacial score (nSPS) is 16.1. The molecule has 1 aliphatic rings. The highest BCUT2D eigenvalue weighted by atomic mass is 32.2. The van der Waals surface area contributed by atoms with Gasteiger partial charge >= 0.3 is 0 Å². The number of nitrogens with one attached hydrogen (secondary N) is 1. The summed E-state index contributed by atoms with van der Waals surface area (Å²) in [4.78, 5) is 12.4. The first kappa shape index (κ1) is 19.9. The van der Waals surface area contributed by atoms with Gasteiger partial charge in [0, 0.05) is 25.2 Å². The van der Waals surface area contributed by atoms with Gasteiger partial charge in [0.2, 0.25) is 15.9 Å². The molecule has 0 heterocycles. The minimum atomic E-state index is -3.51. The van der Waals surface area contributed by atoms with Crippen LogP contribution in [0.5, 0.6) is 0 Å². The van der Waals surface area contributed by atoms with Gasteiger partial charge in [-0.1, -0.05) is 52.0 Å². The Morgan fingerprint density at radius 3 is 2.48 bits per heavy atom. The van der Waals surface area contributed by atoms with Crippen LogP contribution in [0, 0.1) is 5.92 Å². The molecule has 0 bridgehead atoms. The third-order valence-electron chi connectivity index (χ3n) is 4.97. The molecule has 1 aromatic carbocycles. The van der Waals surface area contributed by atoms with E-state index in [1.807, 2.05) is 13.8 Å². The number of hydrogen-bond acceptors (Lipinski definition) is 3. The Labute approximate surface area is 151 Å². The van der Waals surface area contributed by atoms with Gasteiger partial charge in [-0.3, -0.25) is 4.79 Å². The number of benzene rings is 1. The van der Waals surface area contributed by atoms with Crippen LogP contribution in [0.4, 0.5) is 5.69 Å². The standard InChI is InChI=1S/C19H30N2O3S/c1-3-21(4-2)25(23,24)18-12-8-11-17(15-18)20-19(22)14-13-16-9-6-5-7-10-16/h8,11-12,15-16H,3-7,9-10,13-14H2,1-2H3,(H,20,22). The van der Waals surface area contributed by atoms with Crippen molar-refractivity contribution in [1.82, 2.24) is 4.31 Å². The molecule has 25 heavy (non-hydrogen) atoms. The van der Waals surface area contributed by atoms with Gasteiger partial charge in [-0.25, -0.2) is 8.42 Å². The zero-order valence-corrected chi connectivity index (χ0v) is 16.1. The summed E-state index contributed by atoms with van der Waals surface area (Å²) in [5.74, 6) is 0.622. The molecule has 6 heteroatoms. The fourth-order valence-corrected chi connectivity index (χ4v) is 4.99. The molecule has 5 nitrogen and oxygen atoms in total. The summed E-state index contributed by atoms with van der Waals surface area (Å²) in [5.41, 5.74) is 0.543. The quantitative estimate of drug-likeness (QED) is 0.756. The van der Waals surface area contributed by atoms with Crippen LogP contribution in [0.1, 0.15) is 58.8 Å². The number of anilines is 1. The predicted molar refractivity (Wildman–Crippen MR) is 101 cm³/mol. The highest BCUT2D eigenvalue weighted by molar-refractivity contribution is 7.89. The van der Waals surface area contributed by atoms with Gasteiger partial charge in [0.1, 0.15) is 0 Å². The van der Waals surface area contributed by atoms with E-state index in [1.54, 1.807) is 24.3 Å². The van der Waals surface area contributed by atoms with E-state index >= 15 is 0 Å². The van der Waals surface area contributed by atoms with E-state index in [1.165, 1.54) is 36.4 Å². The number of nitrogens with zero attached hydrogens (tertiary/aromatic N) is 1. The molecule has 0 unspecified atom stereocenters. The summed E-state index contributed by atoms with van der Waals surface area (Å²) >= 11 is 0. The van der Waals surface area contributed by atoms with Gasteiger partial charge < -0.3 is 5.32 Å². The van der Waals surface area contributed by atoms with Crippen LogP contribution in [0.25, 0.3) is 0 Å². The Bertz CT molecular complexity index is 663. The van der Waals surface area contributed by atoms with E-state index in [-0.39, 0.29) is 10.8 Å². The number of carbonyl (C=O) groups is 1. The van der Waals surface area contributed by atoms with Crippen LogP contribution >= 0.6 is 0 Å². The molecular formula is C19H30N2O3S. The van der Waals surface area contributed by atoms with Crippen molar-refractivity contribution in [3.8, 4) is 0 Å². The van der Waals surface area contributed by atoms with Crippen molar-refractivity contribution in [3.63, 3.8) is 0 Å². The average molecular weight is 367 g/mol. The molecule has 1 fully saturated rings. The highest BCUT2D eigenvalue weighted by Crippen LogP contribution is 2.27. The Morgan fingerprint density at radius 2 is 1.84 bits per heavy atom. The lowest BCUT2D eigenvalue weighted by Crippen LogP contribution is -2.30. The summed E-state index contributed by atoms with van der Waals surface area (Å²) in [7, 11) is -3.51. The minimum Gasteiger partial charge on any atom is -0.326 e. The second-order valence-electron chi connectivity index (χ2n) is 6.71. The molecule has 2 rings (SSSR count). The molecule has 1 N–H and O–H groups in total. The molecular weight excluding hydrogens is 336 g/mol. The largest absolute Gasteiger partial charge is 0.326 e. The average Bonchev–Trinajstić information content (AvgIpc) is 2.62. The molecule has 0 spiro atoms. The van der Waals surface area contributed by atoms with Crippen LogP contribution in [0.2, 0.25) is 0 Å². The Morgan fingerprint density at radius 1 is 1.16 bits per heavy atom. The van der Waals surface area contributed by atoms with Crippen molar-refractivity contribution < 1.29 is 13.2 Å². The molecule has 0 atom stereocenters. The van der Waals surface area contributed by atoms with E-state index in [4.69, 9.17) is 0 Å². The van der Waals surface area contributed by atoms with Crippen molar-refractivity contribution in [1.29, 1.82) is 0 Å². The first-order valence-corrected chi connectivity index (χ1v) is 10.8. The Kier molecular flexibility index (Phi) is 7.44. The van der Waals surface area contributed by atoms with Crippen LogP contribution < -0.4 is 5.32 Å². The topological polar surface area (TPSA) is 66.5 Å². The minimum absolute atomic E-state index is 0.0389.